The highest BCUT2D eigenvalue weighted by molar-refractivity contribution is 9.10. The molecule has 3 rings (SSSR count). The quantitative estimate of drug-likeness (QED) is 0.853. The first-order valence-corrected chi connectivity index (χ1v) is 8.15. The van der Waals surface area contributed by atoms with Crippen LogP contribution in [0, 0.1) is 6.92 Å². The van der Waals surface area contributed by atoms with E-state index in [1.165, 1.54) is 16.7 Å². The van der Waals surface area contributed by atoms with Crippen molar-refractivity contribution in [2.75, 3.05) is 13.7 Å². The molecule has 0 amide bonds. The second-order valence-corrected chi connectivity index (χ2v) is 6.66. The summed E-state index contributed by atoms with van der Waals surface area (Å²) in [5, 5.41) is 4.17. The van der Waals surface area contributed by atoms with E-state index < -0.39 is 0 Å². The Kier molecular flexibility index (Phi) is 4.25. The van der Waals surface area contributed by atoms with Gasteiger partial charge in [-0.1, -0.05) is 33.6 Å². The maximum absolute atomic E-state index is 6.30. The SMILES string of the molecule is CNC(c1cc(Br)ccc1C)c1cc(Cl)cc2c1OCC2. The molecular formula is C17H17BrClNO. The van der Waals surface area contributed by atoms with Gasteiger partial charge >= 0.3 is 0 Å². The number of nitrogens with one attached hydrogen (secondary N) is 1. The van der Waals surface area contributed by atoms with Crippen LogP contribution in [-0.2, 0) is 6.42 Å². The molecule has 0 aliphatic carbocycles. The Hall–Kier alpha value is -1.03. The molecule has 0 saturated heterocycles. The molecule has 0 bridgehead atoms. The number of ether oxygens (including phenoxy) is 1. The fourth-order valence-corrected chi connectivity index (χ4v) is 3.54. The van der Waals surface area contributed by atoms with Crippen LogP contribution in [0.2, 0.25) is 5.02 Å². The predicted molar refractivity (Wildman–Crippen MR) is 90.4 cm³/mol. The Labute approximate surface area is 138 Å². The fraction of sp³-hybridized carbons (Fsp3) is 0.294. The standard InChI is InChI=1S/C17H17BrClNO/c1-10-3-4-12(18)8-14(10)16(20-2)15-9-13(19)7-11-5-6-21-17(11)15/h3-4,7-9,16,20H,5-6H2,1-2H3. The summed E-state index contributed by atoms with van der Waals surface area (Å²) in [6.45, 7) is 2.86. The van der Waals surface area contributed by atoms with Crippen molar-refractivity contribution in [2.45, 2.75) is 19.4 Å². The zero-order valence-electron chi connectivity index (χ0n) is 12.0. The first kappa shape index (κ1) is 14.9. The van der Waals surface area contributed by atoms with Crippen molar-refractivity contribution in [3.8, 4) is 5.75 Å². The minimum atomic E-state index is 0.0630. The monoisotopic (exact) mass is 365 g/mol. The van der Waals surface area contributed by atoms with Gasteiger partial charge in [-0.05, 0) is 54.9 Å². The van der Waals surface area contributed by atoms with Crippen molar-refractivity contribution in [3.05, 3.63) is 62.1 Å². The number of halogens is 2. The van der Waals surface area contributed by atoms with Crippen LogP contribution in [-0.4, -0.2) is 13.7 Å². The van der Waals surface area contributed by atoms with Crippen molar-refractivity contribution < 1.29 is 4.74 Å². The third-order valence-electron chi connectivity index (χ3n) is 3.93. The van der Waals surface area contributed by atoms with E-state index in [4.69, 9.17) is 16.3 Å². The lowest BCUT2D eigenvalue weighted by Gasteiger charge is -2.22. The summed E-state index contributed by atoms with van der Waals surface area (Å²) in [4.78, 5) is 0. The third-order valence-corrected chi connectivity index (χ3v) is 4.64. The highest BCUT2D eigenvalue weighted by atomic mass is 79.9. The summed E-state index contributed by atoms with van der Waals surface area (Å²) >= 11 is 9.85. The van der Waals surface area contributed by atoms with E-state index in [1.807, 2.05) is 19.2 Å². The number of aryl methyl sites for hydroxylation is 1. The van der Waals surface area contributed by atoms with Crippen LogP contribution in [0.4, 0.5) is 0 Å². The Morgan fingerprint density at radius 1 is 1.24 bits per heavy atom. The molecule has 1 N–H and O–H groups in total. The summed E-state index contributed by atoms with van der Waals surface area (Å²) in [6, 6.07) is 10.4. The molecule has 0 fully saturated rings. The highest BCUT2D eigenvalue weighted by Crippen LogP contribution is 2.39. The van der Waals surface area contributed by atoms with Crippen molar-refractivity contribution in [1.82, 2.24) is 5.32 Å². The zero-order valence-corrected chi connectivity index (χ0v) is 14.4. The predicted octanol–water partition coefficient (Wildman–Crippen LogP) is 4.65. The van der Waals surface area contributed by atoms with Gasteiger partial charge in [0.25, 0.3) is 0 Å². The van der Waals surface area contributed by atoms with E-state index in [0.29, 0.717) is 0 Å². The summed E-state index contributed by atoms with van der Waals surface area (Å²) < 4.78 is 6.92. The summed E-state index contributed by atoms with van der Waals surface area (Å²) in [5.41, 5.74) is 4.78. The maximum Gasteiger partial charge on any atom is 0.127 e. The molecule has 1 unspecified atom stereocenters. The second kappa shape index (κ2) is 5.99. The lowest BCUT2D eigenvalue weighted by atomic mass is 9.93. The molecule has 2 nitrogen and oxygen atoms in total. The molecule has 1 atom stereocenters. The second-order valence-electron chi connectivity index (χ2n) is 5.30. The van der Waals surface area contributed by atoms with Gasteiger partial charge < -0.3 is 10.1 Å². The summed E-state index contributed by atoms with van der Waals surface area (Å²) in [5.74, 6) is 0.984. The molecule has 1 aliphatic heterocycles. The molecule has 0 radical (unpaired) electrons. The number of hydrogen-bond acceptors (Lipinski definition) is 2. The van der Waals surface area contributed by atoms with Gasteiger partial charge in [-0.25, -0.2) is 0 Å². The molecule has 0 aromatic heterocycles. The molecule has 4 heteroatoms. The van der Waals surface area contributed by atoms with Crippen LogP contribution in [0.5, 0.6) is 5.75 Å². The van der Waals surface area contributed by atoms with Crippen LogP contribution in [0.1, 0.15) is 28.3 Å². The molecular weight excluding hydrogens is 350 g/mol. The van der Waals surface area contributed by atoms with Crippen LogP contribution >= 0.6 is 27.5 Å². The Morgan fingerprint density at radius 3 is 2.81 bits per heavy atom. The van der Waals surface area contributed by atoms with Crippen molar-refractivity contribution in [1.29, 1.82) is 0 Å². The van der Waals surface area contributed by atoms with Crippen LogP contribution in [0.3, 0.4) is 0 Å². The Morgan fingerprint density at radius 2 is 2.05 bits per heavy atom. The molecule has 0 saturated carbocycles. The van der Waals surface area contributed by atoms with E-state index in [2.05, 4.69) is 46.4 Å². The Balaban J connectivity index is 2.15. The van der Waals surface area contributed by atoms with Gasteiger partial charge in [0.1, 0.15) is 5.75 Å². The smallest absolute Gasteiger partial charge is 0.127 e. The van der Waals surface area contributed by atoms with E-state index in [1.54, 1.807) is 0 Å². The fourth-order valence-electron chi connectivity index (χ4n) is 2.91. The Bertz CT molecular complexity index is 687. The number of fused-ring (bicyclic) bond motifs is 1. The minimum absolute atomic E-state index is 0.0630. The van der Waals surface area contributed by atoms with Gasteiger partial charge in [0.2, 0.25) is 0 Å². The number of hydrogen-bond donors (Lipinski definition) is 1. The minimum Gasteiger partial charge on any atom is -0.493 e. The van der Waals surface area contributed by atoms with Gasteiger partial charge in [-0.2, -0.15) is 0 Å². The van der Waals surface area contributed by atoms with E-state index in [-0.39, 0.29) is 6.04 Å². The molecule has 2 aromatic rings. The molecule has 21 heavy (non-hydrogen) atoms. The van der Waals surface area contributed by atoms with Gasteiger partial charge in [-0.15, -0.1) is 0 Å². The molecule has 1 heterocycles. The number of benzene rings is 2. The van der Waals surface area contributed by atoms with Gasteiger partial charge in [0, 0.05) is 21.5 Å². The zero-order chi connectivity index (χ0) is 15.0. The van der Waals surface area contributed by atoms with Crippen molar-refractivity contribution in [3.63, 3.8) is 0 Å². The van der Waals surface area contributed by atoms with Gasteiger partial charge in [0.15, 0.2) is 0 Å². The lowest BCUT2D eigenvalue weighted by Crippen LogP contribution is -2.19. The van der Waals surface area contributed by atoms with E-state index >= 15 is 0 Å². The van der Waals surface area contributed by atoms with Gasteiger partial charge in [-0.3, -0.25) is 0 Å². The first-order chi connectivity index (χ1) is 10.1. The average Bonchev–Trinajstić information content (AvgIpc) is 2.91. The first-order valence-electron chi connectivity index (χ1n) is 6.98. The maximum atomic E-state index is 6.30. The molecule has 1 aliphatic rings. The average molecular weight is 367 g/mol. The normalized spacial score (nSPS) is 14.7. The van der Waals surface area contributed by atoms with E-state index in [9.17, 15) is 0 Å². The summed E-state index contributed by atoms with van der Waals surface area (Å²) in [7, 11) is 1.97. The van der Waals surface area contributed by atoms with E-state index in [0.717, 1.165) is 33.8 Å². The topological polar surface area (TPSA) is 21.3 Å². The van der Waals surface area contributed by atoms with Gasteiger partial charge in [0.05, 0.1) is 12.6 Å². The van der Waals surface area contributed by atoms with Crippen molar-refractivity contribution in [2.24, 2.45) is 0 Å². The van der Waals surface area contributed by atoms with Crippen LogP contribution in [0.25, 0.3) is 0 Å². The molecule has 110 valence electrons. The molecule has 2 aromatic carbocycles. The van der Waals surface area contributed by atoms with Crippen LogP contribution < -0.4 is 10.1 Å². The molecule has 0 spiro atoms. The summed E-state index contributed by atoms with van der Waals surface area (Å²) in [6.07, 6.45) is 0.927. The van der Waals surface area contributed by atoms with Crippen LogP contribution in [0.15, 0.2) is 34.8 Å². The largest absolute Gasteiger partial charge is 0.493 e. The highest BCUT2D eigenvalue weighted by Gasteiger charge is 2.24. The third kappa shape index (κ3) is 2.83. The lowest BCUT2D eigenvalue weighted by molar-refractivity contribution is 0.351. The number of rotatable bonds is 3. The van der Waals surface area contributed by atoms with Crippen molar-refractivity contribution >= 4 is 27.5 Å².